The Bertz CT molecular complexity index is 883. The van der Waals surface area contributed by atoms with Gasteiger partial charge in [0.1, 0.15) is 0 Å². The van der Waals surface area contributed by atoms with Crippen molar-refractivity contribution in [3.8, 4) is 0 Å². The van der Waals surface area contributed by atoms with E-state index in [1.54, 1.807) is 24.6 Å². The van der Waals surface area contributed by atoms with Crippen LogP contribution in [-0.4, -0.2) is 15.4 Å². The molecule has 1 aromatic heterocycles. The molecule has 112 valence electrons. The molecule has 22 heavy (non-hydrogen) atoms. The Kier molecular flexibility index (Phi) is 4.34. The fraction of sp³-hybridized carbons (Fsp3) is 0.0625. The average molecular weight is 351 g/mol. The first kappa shape index (κ1) is 15.3. The second-order valence-electron chi connectivity index (χ2n) is 4.74. The summed E-state index contributed by atoms with van der Waals surface area (Å²) in [6, 6.07) is 12.7. The van der Waals surface area contributed by atoms with Crippen LogP contribution in [-0.2, 0) is 10.8 Å². The van der Waals surface area contributed by atoms with Gasteiger partial charge in [0.25, 0.3) is 0 Å². The van der Waals surface area contributed by atoms with Crippen molar-refractivity contribution in [3.05, 3.63) is 58.7 Å². The van der Waals surface area contributed by atoms with Crippen LogP contribution in [0.2, 0.25) is 10.0 Å². The minimum Gasteiger partial charge on any atom is -0.354 e. The van der Waals surface area contributed by atoms with Crippen molar-refractivity contribution in [1.29, 1.82) is 0 Å². The maximum absolute atomic E-state index is 11.7. The third-order valence-electron chi connectivity index (χ3n) is 3.25. The highest BCUT2D eigenvalue weighted by atomic mass is 35.5. The first-order valence-electron chi connectivity index (χ1n) is 6.49. The van der Waals surface area contributed by atoms with Gasteiger partial charge in [-0.15, -0.1) is 0 Å². The molecule has 3 rings (SSSR count). The number of aromatic nitrogens is 1. The molecule has 0 bridgehead atoms. The first-order chi connectivity index (χ1) is 10.5. The quantitative estimate of drug-likeness (QED) is 0.720. The van der Waals surface area contributed by atoms with Crippen molar-refractivity contribution < 1.29 is 4.21 Å². The highest BCUT2D eigenvalue weighted by molar-refractivity contribution is 7.84. The van der Waals surface area contributed by atoms with Crippen LogP contribution in [0.3, 0.4) is 0 Å². The van der Waals surface area contributed by atoms with Crippen LogP contribution < -0.4 is 5.32 Å². The molecule has 1 heterocycles. The second-order valence-corrected chi connectivity index (χ2v) is 6.96. The number of anilines is 2. The molecule has 2 aromatic carbocycles. The lowest BCUT2D eigenvalue weighted by Gasteiger charge is -2.11. The van der Waals surface area contributed by atoms with E-state index in [0.717, 1.165) is 27.2 Å². The van der Waals surface area contributed by atoms with Gasteiger partial charge >= 0.3 is 0 Å². The van der Waals surface area contributed by atoms with E-state index in [-0.39, 0.29) is 0 Å². The summed E-state index contributed by atoms with van der Waals surface area (Å²) in [4.78, 5) is 5.08. The molecule has 1 atom stereocenters. The Labute approximate surface area is 140 Å². The molecule has 1 unspecified atom stereocenters. The lowest BCUT2D eigenvalue weighted by molar-refractivity contribution is 0.687. The zero-order valence-corrected chi connectivity index (χ0v) is 14.0. The molecular formula is C16H12Cl2N2OS. The Hall–Kier alpha value is -1.62. The molecule has 0 spiro atoms. The van der Waals surface area contributed by atoms with Crippen LogP contribution >= 0.6 is 23.2 Å². The van der Waals surface area contributed by atoms with Gasteiger partial charge in [0.05, 0.1) is 16.2 Å². The number of nitrogens with zero attached hydrogens (tertiary/aromatic N) is 1. The van der Waals surface area contributed by atoms with Gasteiger partial charge in [-0.3, -0.25) is 9.19 Å². The lowest BCUT2D eigenvalue weighted by atomic mass is 10.2. The number of hydrogen-bond donors (Lipinski definition) is 1. The predicted octanol–water partition coefficient (Wildman–Crippen LogP) is 5.02. The summed E-state index contributed by atoms with van der Waals surface area (Å²) in [5.41, 5.74) is 2.42. The van der Waals surface area contributed by atoms with Crippen molar-refractivity contribution in [1.82, 2.24) is 4.98 Å². The van der Waals surface area contributed by atoms with E-state index in [2.05, 4.69) is 10.3 Å². The largest absolute Gasteiger partial charge is 0.354 e. The smallest absolute Gasteiger partial charge is 0.0723 e. The maximum Gasteiger partial charge on any atom is 0.0723 e. The minimum atomic E-state index is -1.05. The number of hydrogen-bond acceptors (Lipinski definition) is 3. The Morgan fingerprint density at radius 3 is 2.59 bits per heavy atom. The van der Waals surface area contributed by atoms with Crippen LogP contribution in [0.4, 0.5) is 11.4 Å². The van der Waals surface area contributed by atoms with E-state index >= 15 is 0 Å². The van der Waals surface area contributed by atoms with Crippen LogP contribution in [0.25, 0.3) is 10.9 Å². The molecule has 0 radical (unpaired) electrons. The SMILES string of the molecule is CS(=O)c1ccc2nccc(Nc3ccc(Cl)cc3Cl)c2c1. The summed E-state index contributed by atoms with van der Waals surface area (Å²) in [5, 5.41) is 5.29. The van der Waals surface area contributed by atoms with Crippen molar-refractivity contribution in [2.45, 2.75) is 4.90 Å². The van der Waals surface area contributed by atoms with Crippen molar-refractivity contribution >= 4 is 56.3 Å². The summed E-state index contributed by atoms with van der Waals surface area (Å²) in [6.45, 7) is 0. The molecule has 0 fully saturated rings. The fourth-order valence-electron chi connectivity index (χ4n) is 2.15. The highest BCUT2D eigenvalue weighted by Gasteiger charge is 2.08. The highest BCUT2D eigenvalue weighted by Crippen LogP contribution is 2.31. The first-order valence-corrected chi connectivity index (χ1v) is 8.80. The van der Waals surface area contributed by atoms with Gasteiger partial charge in [-0.05, 0) is 42.5 Å². The molecule has 1 N–H and O–H groups in total. The molecule has 0 aliphatic carbocycles. The van der Waals surface area contributed by atoms with Gasteiger partial charge in [0.15, 0.2) is 0 Å². The molecule has 0 aliphatic heterocycles. The number of nitrogens with one attached hydrogen (secondary N) is 1. The average Bonchev–Trinajstić information content (AvgIpc) is 2.49. The van der Waals surface area contributed by atoms with E-state index in [4.69, 9.17) is 23.2 Å². The summed E-state index contributed by atoms with van der Waals surface area (Å²) in [5.74, 6) is 0. The van der Waals surface area contributed by atoms with E-state index in [1.165, 1.54) is 0 Å². The molecule has 6 heteroatoms. The Morgan fingerprint density at radius 2 is 1.86 bits per heavy atom. The van der Waals surface area contributed by atoms with E-state index < -0.39 is 10.8 Å². The summed E-state index contributed by atoms with van der Waals surface area (Å²) in [7, 11) is -1.05. The van der Waals surface area contributed by atoms with Crippen LogP contribution in [0.15, 0.2) is 53.6 Å². The van der Waals surface area contributed by atoms with Gasteiger partial charge in [0, 0.05) is 44.2 Å². The minimum absolute atomic E-state index is 0.535. The Morgan fingerprint density at radius 1 is 1.05 bits per heavy atom. The molecule has 0 saturated carbocycles. The fourth-order valence-corrected chi connectivity index (χ4v) is 3.15. The molecular weight excluding hydrogens is 339 g/mol. The van der Waals surface area contributed by atoms with E-state index in [0.29, 0.717) is 10.0 Å². The number of pyridine rings is 1. The molecule has 0 amide bonds. The Balaban J connectivity index is 2.09. The molecule has 3 aromatic rings. The summed E-state index contributed by atoms with van der Waals surface area (Å²) in [6.07, 6.45) is 3.37. The number of benzene rings is 2. The third-order valence-corrected chi connectivity index (χ3v) is 4.71. The van der Waals surface area contributed by atoms with Gasteiger partial charge in [-0.2, -0.15) is 0 Å². The van der Waals surface area contributed by atoms with Crippen molar-refractivity contribution in [2.75, 3.05) is 11.6 Å². The topological polar surface area (TPSA) is 42.0 Å². The van der Waals surface area contributed by atoms with Crippen LogP contribution in [0.1, 0.15) is 0 Å². The van der Waals surface area contributed by atoms with E-state index in [1.807, 2.05) is 30.3 Å². The number of fused-ring (bicyclic) bond motifs is 1. The summed E-state index contributed by atoms with van der Waals surface area (Å²) < 4.78 is 11.7. The van der Waals surface area contributed by atoms with Gasteiger partial charge in [-0.1, -0.05) is 23.2 Å². The zero-order valence-electron chi connectivity index (χ0n) is 11.6. The van der Waals surface area contributed by atoms with Crippen molar-refractivity contribution in [2.24, 2.45) is 0 Å². The van der Waals surface area contributed by atoms with Crippen LogP contribution in [0.5, 0.6) is 0 Å². The molecule has 0 saturated heterocycles. The zero-order chi connectivity index (χ0) is 15.7. The lowest BCUT2D eigenvalue weighted by Crippen LogP contribution is -1.95. The second kappa shape index (κ2) is 6.24. The van der Waals surface area contributed by atoms with Crippen LogP contribution in [0, 0.1) is 0 Å². The molecule has 3 nitrogen and oxygen atoms in total. The number of rotatable bonds is 3. The number of halogens is 2. The predicted molar refractivity (Wildman–Crippen MR) is 93.8 cm³/mol. The maximum atomic E-state index is 11.7. The third kappa shape index (κ3) is 3.09. The normalized spacial score (nSPS) is 12.3. The van der Waals surface area contributed by atoms with Gasteiger partial charge in [-0.25, -0.2) is 0 Å². The summed E-state index contributed by atoms with van der Waals surface area (Å²) >= 11 is 12.1. The van der Waals surface area contributed by atoms with Gasteiger partial charge in [0.2, 0.25) is 0 Å². The van der Waals surface area contributed by atoms with Crippen molar-refractivity contribution in [3.63, 3.8) is 0 Å². The standard InChI is InChI=1S/C16H12Cl2N2OS/c1-22(21)11-3-5-14-12(9-11)15(6-7-19-14)20-16-4-2-10(17)8-13(16)18/h2-9H,1H3,(H,19,20). The monoisotopic (exact) mass is 350 g/mol. The van der Waals surface area contributed by atoms with E-state index in [9.17, 15) is 4.21 Å². The molecule has 0 aliphatic rings. The van der Waals surface area contributed by atoms with Gasteiger partial charge < -0.3 is 5.32 Å².